The second-order valence-electron chi connectivity index (χ2n) is 6.87. The number of benzene rings is 2. The Hall–Kier alpha value is -2.51. The van der Waals surface area contributed by atoms with E-state index < -0.39 is 5.69 Å². The quantitative estimate of drug-likeness (QED) is 0.691. The summed E-state index contributed by atoms with van der Waals surface area (Å²) in [6.45, 7) is 1.83. The van der Waals surface area contributed by atoms with Crippen molar-refractivity contribution in [3.8, 4) is 0 Å². The van der Waals surface area contributed by atoms with Gasteiger partial charge in [-0.3, -0.25) is 18.7 Å². The number of para-hydroxylation sites is 1. The Kier molecular flexibility index (Phi) is 5.52. The molecule has 1 aromatic heterocycles. The average Bonchev–Trinajstić information content (AvgIpc) is 2.72. The summed E-state index contributed by atoms with van der Waals surface area (Å²) in [6, 6.07) is 12.4. The molecule has 3 aromatic rings. The van der Waals surface area contributed by atoms with Crippen molar-refractivity contribution >= 4 is 40.2 Å². The fraction of sp³-hybridized carbons (Fsp3) is 0.286. The van der Waals surface area contributed by atoms with Gasteiger partial charge in [0.15, 0.2) is 0 Å². The molecule has 1 unspecified atom stereocenters. The Labute approximate surface area is 176 Å². The van der Waals surface area contributed by atoms with Gasteiger partial charge in [-0.25, -0.2) is 4.79 Å². The van der Waals surface area contributed by atoms with E-state index in [9.17, 15) is 14.4 Å². The summed E-state index contributed by atoms with van der Waals surface area (Å²) in [7, 11) is 0. The predicted molar refractivity (Wildman–Crippen MR) is 116 cm³/mol. The van der Waals surface area contributed by atoms with Gasteiger partial charge >= 0.3 is 5.69 Å². The number of rotatable bonds is 4. The molecular weight excluding hydrogens is 410 g/mol. The van der Waals surface area contributed by atoms with E-state index in [4.69, 9.17) is 11.6 Å². The highest BCUT2D eigenvalue weighted by molar-refractivity contribution is 7.99. The molecule has 1 atom stereocenters. The van der Waals surface area contributed by atoms with Gasteiger partial charge in [-0.05, 0) is 49.2 Å². The summed E-state index contributed by atoms with van der Waals surface area (Å²) >= 11 is 7.88. The normalized spacial score (nSPS) is 15.9. The van der Waals surface area contributed by atoms with E-state index in [2.05, 4.69) is 5.32 Å². The van der Waals surface area contributed by atoms with Gasteiger partial charge in [0.2, 0.25) is 5.91 Å². The van der Waals surface area contributed by atoms with E-state index in [1.807, 2.05) is 18.2 Å². The number of halogens is 1. The number of nitrogens with zero attached hydrogens (tertiary/aromatic N) is 2. The number of fused-ring (bicyclic) bond motifs is 2. The third-order valence-electron chi connectivity index (χ3n) is 5.10. The highest BCUT2D eigenvalue weighted by atomic mass is 35.5. The monoisotopic (exact) mass is 429 g/mol. The molecule has 0 fully saturated rings. The van der Waals surface area contributed by atoms with Crippen LogP contribution in [0.4, 0.5) is 0 Å². The Balaban J connectivity index is 1.67. The van der Waals surface area contributed by atoms with Crippen LogP contribution in [0.3, 0.4) is 0 Å². The van der Waals surface area contributed by atoms with E-state index in [0.29, 0.717) is 15.9 Å². The highest BCUT2D eigenvalue weighted by Crippen LogP contribution is 2.37. The van der Waals surface area contributed by atoms with Gasteiger partial charge in [-0.1, -0.05) is 23.7 Å². The molecule has 2 heterocycles. The number of amides is 1. The van der Waals surface area contributed by atoms with Gasteiger partial charge in [-0.15, -0.1) is 11.8 Å². The van der Waals surface area contributed by atoms with Crippen LogP contribution in [-0.2, 0) is 17.9 Å². The number of aromatic nitrogens is 2. The van der Waals surface area contributed by atoms with E-state index >= 15 is 0 Å². The first-order chi connectivity index (χ1) is 14.0. The molecule has 1 N–H and O–H groups in total. The van der Waals surface area contributed by atoms with Gasteiger partial charge in [0.25, 0.3) is 5.56 Å². The number of nitrogens with one attached hydrogen (secondary N) is 1. The number of thioether (sulfide) groups is 1. The molecule has 1 amide bonds. The average molecular weight is 430 g/mol. The molecule has 0 aliphatic carbocycles. The maximum atomic E-state index is 12.9. The Morgan fingerprint density at radius 3 is 2.79 bits per heavy atom. The highest BCUT2D eigenvalue weighted by Gasteiger charge is 2.23. The molecular formula is C21H20ClN3O3S. The predicted octanol–water partition coefficient (Wildman–Crippen LogP) is 3.19. The topological polar surface area (TPSA) is 73.1 Å². The minimum absolute atomic E-state index is 0.154. The minimum Gasteiger partial charge on any atom is -0.348 e. The van der Waals surface area contributed by atoms with Crippen molar-refractivity contribution in [3.05, 3.63) is 73.9 Å². The molecule has 0 saturated carbocycles. The number of hydrogen-bond acceptors (Lipinski definition) is 4. The standard InChI is InChI=1S/C21H20ClN3O3S/c1-2-24-20(27)14-5-3-4-6-17(14)25(21(24)28)12-19(26)23-16-9-10-29-18-8-7-13(22)11-15(16)18/h3-8,11,16H,2,9-10,12H2,1H3,(H,23,26). The fourth-order valence-corrected chi connectivity index (χ4v) is 4.99. The van der Waals surface area contributed by atoms with Crippen LogP contribution in [0.25, 0.3) is 10.9 Å². The van der Waals surface area contributed by atoms with Crippen molar-refractivity contribution in [2.24, 2.45) is 0 Å². The zero-order valence-corrected chi connectivity index (χ0v) is 17.4. The van der Waals surface area contributed by atoms with Crippen LogP contribution in [0.1, 0.15) is 24.9 Å². The lowest BCUT2D eigenvalue weighted by Gasteiger charge is -2.26. The SMILES string of the molecule is CCn1c(=O)c2ccccc2n(CC(=O)NC2CCSc3ccc(Cl)cc32)c1=O. The molecule has 4 rings (SSSR count). The smallest absolute Gasteiger partial charge is 0.331 e. The van der Waals surface area contributed by atoms with E-state index in [-0.39, 0.29) is 30.6 Å². The first-order valence-electron chi connectivity index (χ1n) is 9.43. The van der Waals surface area contributed by atoms with Crippen molar-refractivity contribution in [3.63, 3.8) is 0 Å². The molecule has 0 saturated heterocycles. The molecule has 2 aromatic carbocycles. The van der Waals surface area contributed by atoms with Gasteiger partial charge in [0.05, 0.1) is 16.9 Å². The molecule has 6 nitrogen and oxygen atoms in total. The van der Waals surface area contributed by atoms with Crippen molar-refractivity contribution in [2.45, 2.75) is 37.4 Å². The molecule has 1 aliphatic heterocycles. The Morgan fingerprint density at radius 1 is 1.21 bits per heavy atom. The minimum atomic E-state index is -0.478. The first-order valence-corrected chi connectivity index (χ1v) is 10.8. The molecule has 0 spiro atoms. The summed E-state index contributed by atoms with van der Waals surface area (Å²) in [5.74, 6) is 0.616. The van der Waals surface area contributed by atoms with Crippen LogP contribution in [0.15, 0.2) is 56.9 Å². The summed E-state index contributed by atoms with van der Waals surface area (Å²) < 4.78 is 2.52. The second kappa shape index (κ2) is 8.08. The Morgan fingerprint density at radius 2 is 2.00 bits per heavy atom. The third kappa shape index (κ3) is 3.72. The number of carbonyl (C=O) groups excluding carboxylic acids is 1. The largest absolute Gasteiger partial charge is 0.348 e. The summed E-state index contributed by atoms with van der Waals surface area (Å²) in [6.07, 6.45) is 0.786. The lowest BCUT2D eigenvalue weighted by atomic mass is 10.0. The maximum absolute atomic E-state index is 12.9. The van der Waals surface area contributed by atoms with Gasteiger partial charge in [0, 0.05) is 22.2 Å². The molecule has 0 bridgehead atoms. The van der Waals surface area contributed by atoms with E-state index in [1.54, 1.807) is 43.0 Å². The second-order valence-corrected chi connectivity index (χ2v) is 8.45. The van der Waals surface area contributed by atoms with Crippen molar-refractivity contribution in [2.75, 3.05) is 5.75 Å². The van der Waals surface area contributed by atoms with Crippen LogP contribution in [0.2, 0.25) is 5.02 Å². The number of carbonyl (C=O) groups is 1. The first kappa shape index (κ1) is 19.8. The molecule has 1 aliphatic rings. The van der Waals surface area contributed by atoms with Crippen LogP contribution in [0.5, 0.6) is 0 Å². The lowest BCUT2D eigenvalue weighted by molar-refractivity contribution is -0.122. The maximum Gasteiger partial charge on any atom is 0.331 e. The van der Waals surface area contributed by atoms with E-state index in [1.165, 1.54) is 4.57 Å². The summed E-state index contributed by atoms with van der Waals surface area (Å²) in [5, 5.41) is 4.09. The van der Waals surface area contributed by atoms with Gasteiger partial charge < -0.3 is 5.32 Å². The summed E-state index contributed by atoms with van der Waals surface area (Å²) in [4.78, 5) is 39.3. The molecule has 150 valence electrons. The Bertz CT molecular complexity index is 1220. The molecule has 0 radical (unpaired) electrons. The summed E-state index contributed by atoms with van der Waals surface area (Å²) in [5.41, 5.74) is 0.648. The zero-order chi connectivity index (χ0) is 20.5. The zero-order valence-electron chi connectivity index (χ0n) is 15.9. The number of hydrogen-bond donors (Lipinski definition) is 1. The van der Waals surface area contributed by atoms with Crippen molar-refractivity contribution in [1.29, 1.82) is 0 Å². The molecule has 8 heteroatoms. The van der Waals surface area contributed by atoms with Crippen LogP contribution in [-0.4, -0.2) is 20.8 Å². The van der Waals surface area contributed by atoms with Crippen LogP contribution < -0.4 is 16.6 Å². The molecule has 29 heavy (non-hydrogen) atoms. The fourth-order valence-electron chi connectivity index (χ4n) is 3.70. The van der Waals surface area contributed by atoms with E-state index in [0.717, 1.165) is 27.2 Å². The van der Waals surface area contributed by atoms with Crippen molar-refractivity contribution in [1.82, 2.24) is 14.5 Å². The van der Waals surface area contributed by atoms with Crippen LogP contribution >= 0.6 is 23.4 Å². The van der Waals surface area contributed by atoms with Gasteiger partial charge in [-0.2, -0.15) is 0 Å². The van der Waals surface area contributed by atoms with Crippen molar-refractivity contribution < 1.29 is 4.79 Å². The van der Waals surface area contributed by atoms with Gasteiger partial charge in [0.1, 0.15) is 6.54 Å². The third-order valence-corrected chi connectivity index (χ3v) is 6.45. The van der Waals surface area contributed by atoms with Crippen LogP contribution in [0, 0.1) is 0 Å². The lowest BCUT2D eigenvalue weighted by Crippen LogP contribution is -2.43.